The lowest BCUT2D eigenvalue weighted by Gasteiger charge is -2.20. The fraction of sp³-hybridized carbons (Fsp3) is 0.462. The lowest BCUT2D eigenvalue weighted by atomic mass is 9.93. The maximum absolute atomic E-state index is 13.4. The van der Waals surface area contributed by atoms with E-state index >= 15 is 0 Å². The van der Waals surface area contributed by atoms with Crippen LogP contribution < -0.4 is 0 Å². The molecular weight excluding hydrogens is 324 g/mol. The van der Waals surface area contributed by atoms with Crippen molar-refractivity contribution in [3.05, 3.63) is 29.3 Å². The molecule has 0 N–H and O–H groups in total. The summed E-state index contributed by atoms with van der Waals surface area (Å²) in [7, 11) is 0.849. The third kappa shape index (κ3) is 3.35. The van der Waals surface area contributed by atoms with Crippen LogP contribution in [-0.4, -0.2) is 32.3 Å². The Labute approximate surface area is 126 Å². The average molecular weight is 338 g/mol. The first-order chi connectivity index (χ1) is 9.51. The van der Waals surface area contributed by atoms with Gasteiger partial charge in [0.05, 0.1) is 10.5 Å². The molecule has 8 heteroatoms. The van der Waals surface area contributed by atoms with Gasteiger partial charge in [0.2, 0.25) is 0 Å². The summed E-state index contributed by atoms with van der Waals surface area (Å²) in [4.78, 5) is 13.1. The summed E-state index contributed by atoms with van der Waals surface area (Å²) in [6.07, 6.45) is 0.741. The van der Waals surface area contributed by atoms with Crippen LogP contribution >= 0.6 is 10.7 Å². The molecule has 0 radical (unpaired) electrons. The molecule has 2 rings (SSSR count). The first kappa shape index (κ1) is 16.2. The van der Waals surface area contributed by atoms with Gasteiger partial charge < -0.3 is 4.90 Å². The van der Waals surface area contributed by atoms with Crippen molar-refractivity contribution in [2.75, 3.05) is 13.1 Å². The van der Waals surface area contributed by atoms with E-state index in [1.54, 1.807) is 0 Å². The van der Waals surface area contributed by atoms with Crippen molar-refractivity contribution >= 4 is 25.6 Å². The molecule has 0 bridgehead atoms. The molecule has 1 fully saturated rings. The minimum absolute atomic E-state index is 0.103. The van der Waals surface area contributed by atoms with Gasteiger partial charge in [0.15, 0.2) is 11.6 Å². The Morgan fingerprint density at radius 2 is 1.86 bits per heavy atom. The van der Waals surface area contributed by atoms with Crippen LogP contribution in [0.2, 0.25) is 0 Å². The predicted octanol–water partition coefficient (Wildman–Crippen LogP) is 2.76. The number of halogens is 3. The number of carbonyl (C=O) groups is 1. The molecular formula is C13H14ClF2NO3S. The van der Waals surface area contributed by atoms with Crippen molar-refractivity contribution < 1.29 is 22.0 Å². The van der Waals surface area contributed by atoms with Gasteiger partial charge in [-0.25, -0.2) is 17.2 Å². The van der Waals surface area contributed by atoms with Gasteiger partial charge in [-0.05, 0) is 24.0 Å². The zero-order chi connectivity index (χ0) is 16.0. The smallest absolute Gasteiger partial charge is 0.262 e. The molecule has 1 heterocycles. The van der Waals surface area contributed by atoms with E-state index in [1.165, 1.54) is 4.90 Å². The lowest BCUT2D eigenvalue weighted by Crippen LogP contribution is -2.31. The number of hydrogen-bond acceptors (Lipinski definition) is 3. The lowest BCUT2D eigenvalue weighted by molar-refractivity contribution is 0.0774. The summed E-state index contributed by atoms with van der Waals surface area (Å²) in [6.45, 7) is 4.76. The molecule has 1 amide bonds. The van der Waals surface area contributed by atoms with Gasteiger partial charge in [-0.2, -0.15) is 0 Å². The summed E-state index contributed by atoms with van der Waals surface area (Å²) < 4.78 is 49.5. The van der Waals surface area contributed by atoms with Crippen LogP contribution in [-0.2, 0) is 9.05 Å². The van der Waals surface area contributed by atoms with E-state index in [0.717, 1.165) is 6.42 Å². The summed E-state index contributed by atoms with van der Waals surface area (Å²) in [5, 5.41) is 0. The number of benzene rings is 1. The average Bonchev–Trinajstić information content (AvgIpc) is 2.70. The molecule has 21 heavy (non-hydrogen) atoms. The Balaban J connectivity index is 2.49. The Hall–Kier alpha value is -1.21. The van der Waals surface area contributed by atoms with E-state index in [4.69, 9.17) is 10.7 Å². The molecule has 1 aliphatic heterocycles. The fourth-order valence-corrected chi connectivity index (χ4v) is 3.39. The Morgan fingerprint density at radius 1 is 1.29 bits per heavy atom. The third-order valence-corrected chi connectivity index (χ3v) is 4.84. The van der Waals surface area contributed by atoms with Crippen molar-refractivity contribution in [2.45, 2.75) is 25.2 Å². The van der Waals surface area contributed by atoms with Crippen LogP contribution in [0.5, 0.6) is 0 Å². The molecule has 1 aliphatic rings. The second kappa shape index (κ2) is 5.21. The number of rotatable bonds is 2. The number of likely N-dealkylation sites (tertiary alicyclic amines) is 1. The summed E-state index contributed by atoms with van der Waals surface area (Å²) in [6, 6.07) is 1.02. The molecule has 116 valence electrons. The van der Waals surface area contributed by atoms with Gasteiger partial charge in [0.25, 0.3) is 15.0 Å². The largest absolute Gasteiger partial charge is 0.338 e. The Kier molecular flexibility index (Phi) is 4.01. The SMILES string of the molecule is CC1(C)CCN(C(=O)c2cc(F)c(F)cc2S(=O)(=O)Cl)C1. The van der Waals surface area contributed by atoms with Crippen LogP contribution in [0.25, 0.3) is 0 Å². The van der Waals surface area contributed by atoms with Crippen LogP contribution in [0.15, 0.2) is 17.0 Å². The second-order valence-corrected chi connectivity index (χ2v) is 8.38. The highest BCUT2D eigenvalue weighted by Gasteiger charge is 2.35. The topological polar surface area (TPSA) is 54.5 Å². The van der Waals surface area contributed by atoms with E-state index in [1.807, 2.05) is 13.8 Å². The molecule has 0 unspecified atom stereocenters. The molecule has 0 saturated carbocycles. The van der Waals surface area contributed by atoms with Crippen LogP contribution in [0.1, 0.15) is 30.6 Å². The number of amides is 1. The van der Waals surface area contributed by atoms with Gasteiger partial charge in [-0.15, -0.1) is 0 Å². The Bertz CT molecular complexity index is 704. The van der Waals surface area contributed by atoms with Gasteiger partial charge in [-0.1, -0.05) is 13.8 Å². The summed E-state index contributed by atoms with van der Waals surface area (Å²) in [5.74, 6) is -3.33. The minimum atomic E-state index is -4.36. The maximum atomic E-state index is 13.4. The maximum Gasteiger partial charge on any atom is 0.262 e. The zero-order valence-electron chi connectivity index (χ0n) is 11.5. The summed E-state index contributed by atoms with van der Waals surface area (Å²) >= 11 is 0. The molecule has 1 saturated heterocycles. The standard InChI is InChI=1S/C13H14ClF2NO3S/c1-13(2)3-4-17(7-13)12(18)8-5-9(15)10(16)6-11(8)21(14,19)20/h5-6H,3-4,7H2,1-2H3. The van der Waals surface area contributed by atoms with E-state index in [-0.39, 0.29) is 5.41 Å². The van der Waals surface area contributed by atoms with Crippen molar-refractivity contribution in [1.29, 1.82) is 0 Å². The molecule has 1 aromatic rings. The first-order valence-electron chi connectivity index (χ1n) is 6.24. The van der Waals surface area contributed by atoms with Gasteiger partial charge in [-0.3, -0.25) is 4.79 Å². The first-order valence-corrected chi connectivity index (χ1v) is 8.55. The molecule has 0 aliphatic carbocycles. The fourth-order valence-electron chi connectivity index (χ4n) is 2.35. The van der Waals surface area contributed by atoms with Crippen LogP contribution in [0.4, 0.5) is 8.78 Å². The van der Waals surface area contributed by atoms with E-state index in [2.05, 4.69) is 0 Å². The predicted molar refractivity (Wildman–Crippen MR) is 73.7 cm³/mol. The quantitative estimate of drug-likeness (QED) is 0.780. The minimum Gasteiger partial charge on any atom is -0.338 e. The van der Waals surface area contributed by atoms with E-state index < -0.39 is 37.1 Å². The van der Waals surface area contributed by atoms with Crippen molar-refractivity contribution in [1.82, 2.24) is 4.90 Å². The molecule has 1 aromatic carbocycles. The summed E-state index contributed by atoms with van der Waals surface area (Å²) in [5.41, 5.74) is -0.546. The van der Waals surface area contributed by atoms with Crippen LogP contribution in [0.3, 0.4) is 0 Å². The normalized spacial score (nSPS) is 18.0. The highest BCUT2D eigenvalue weighted by atomic mass is 35.7. The molecule has 0 atom stereocenters. The van der Waals surface area contributed by atoms with Crippen molar-refractivity contribution in [3.63, 3.8) is 0 Å². The highest BCUT2D eigenvalue weighted by Crippen LogP contribution is 2.31. The number of nitrogens with zero attached hydrogens (tertiary/aromatic N) is 1. The highest BCUT2D eigenvalue weighted by molar-refractivity contribution is 8.13. The van der Waals surface area contributed by atoms with Gasteiger partial charge >= 0.3 is 0 Å². The third-order valence-electron chi connectivity index (χ3n) is 3.48. The molecule has 0 spiro atoms. The van der Waals surface area contributed by atoms with E-state index in [9.17, 15) is 22.0 Å². The number of carbonyl (C=O) groups excluding carboxylic acids is 1. The molecule has 4 nitrogen and oxygen atoms in total. The number of hydrogen-bond donors (Lipinski definition) is 0. The van der Waals surface area contributed by atoms with Crippen molar-refractivity contribution in [3.8, 4) is 0 Å². The molecule has 0 aromatic heterocycles. The second-order valence-electron chi connectivity index (χ2n) is 5.84. The van der Waals surface area contributed by atoms with Gasteiger partial charge in [0, 0.05) is 23.8 Å². The van der Waals surface area contributed by atoms with E-state index in [0.29, 0.717) is 25.2 Å². The van der Waals surface area contributed by atoms with Crippen LogP contribution in [0, 0.1) is 17.0 Å². The van der Waals surface area contributed by atoms with Gasteiger partial charge in [0.1, 0.15) is 0 Å². The monoisotopic (exact) mass is 337 g/mol. The zero-order valence-corrected chi connectivity index (χ0v) is 13.1. The Morgan fingerprint density at radius 3 is 2.33 bits per heavy atom. The van der Waals surface area contributed by atoms with Crippen molar-refractivity contribution in [2.24, 2.45) is 5.41 Å².